The maximum absolute atomic E-state index is 5.90. The highest BCUT2D eigenvalue weighted by atomic mass is 15.1. The first-order valence-electron chi connectivity index (χ1n) is 22.5. The Labute approximate surface area is 375 Å². The number of nitrogens with zero attached hydrogens (tertiary/aromatic N) is 4. The number of nitrogens with one attached hydrogen (secondary N) is 1. The van der Waals surface area contributed by atoms with Crippen LogP contribution in [0.1, 0.15) is 42.1 Å². The Hall–Kier alpha value is -8.28. The predicted molar refractivity (Wildman–Crippen MR) is 271 cm³/mol. The topological polar surface area (TPSA) is 47.1 Å². The van der Waals surface area contributed by atoms with Crippen molar-refractivity contribution in [1.82, 2.24) is 19.4 Å². The van der Waals surface area contributed by atoms with Gasteiger partial charge in [-0.15, -0.1) is 0 Å². The van der Waals surface area contributed by atoms with Crippen molar-refractivity contribution in [3.8, 4) is 11.4 Å². The molecule has 1 aliphatic heterocycles. The number of hydrogen-bond acceptors (Lipinski definition) is 3. The molecule has 12 aromatic rings. The molecule has 1 unspecified atom stereocenters. The van der Waals surface area contributed by atoms with Gasteiger partial charge < -0.3 is 14.5 Å². The first-order valence-corrected chi connectivity index (χ1v) is 22.5. The average Bonchev–Trinajstić information content (AvgIpc) is 3.94. The van der Waals surface area contributed by atoms with Gasteiger partial charge in [0.1, 0.15) is 0 Å². The van der Waals surface area contributed by atoms with Crippen molar-refractivity contribution in [2.24, 2.45) is 4.99 Å². The molecule has 5 nitrogen and oxygen atoms in total. The van der Waals surface area contributed by atoms with E-state index in [0.717, 1.165) is 67.1 Å². The molecule has 4 heterocycles. The van der Waals surface area contributed by atoms with Crippen molar-refractivity contribution in [2.45, 2.75) is 25.3 Å². The van der Waals surface area contributed by atoms with Crippen LogP contribution >= 0.6 is 0 Å². The van der Waals surface area contributed by atoms with Crippen LogP contribution in [0.5, 0.6) is 0 Å². The van der Waals surface area contributed by atoms with Crippen molar-refractivity contribution in [3.05, 3.63) is 228 Å². The number of para-hydroxylation sites is 2. The molecule has 5 heteroatoms. The van der Waals surface area contributed by atoms with E-state index in [1.165, 1.54) is 59.7 Å². The third-order valence-corrected chi connectivity index (χ3v) is 14.3. The summed E-state index contributed by atoms with van der Waals surface area (Å²) in [7, 11) is 0. The van der Waals surface area contributed by atoms with E-state index in [2.05, 4.69) is 222 Å². The van der Waals surface area contributed by atoms with Gasteiger partial charge in [-0.3, -0.25) is 9.98 Å². The van der Waals surface area contributed by atoms with Gasteiger partial charge in [-0.2, -0.15) is 0 Å². The lowest BCUT2D eigenvalue weighted by Crippen LogP contribution is -2.33. The quantitative estimate of drug-likeness (QED) is 0.192. The van der Waals surface area contributed by atoms with Gasteiger partial charge in [-0.25, -0.2) is 0 Å². The van der Waals surface area contributed by atoms with Gasteiger partial charge in [0, 0.05) is 55.4 Å². The van der Waals surface area contributed by atoms with Crippen molar-refractivity contribution in [3.63, 3.8) is 0 Å². The van der Waals surface area contributed by atoms with Crippen molar-refractivity contribution in [2.75, 3.05) is 0 Å². The minimum Gasteiger partial charge on any atom is -0.371 e. The zero-order valence-corrected chi connectivity index (χ0v) is 35.9. The summed E-state index contributed by atoms with van der Waals surface area (Å²) in [6.45, 7) is 4.62. The first-order chi connectivity index (χ1) is 32.0. The summed E-state index contributed by atoms with van der Waals surface area (Å²) < 4.78 is 4.84. The molecule has 0 radical (unpaired) electrons. The molecule has 0 amide bonds. The van der Waals surface area contributed by atoms with Crippen LogP contribution in [-0.2, 0) is 5.41 Å². The minimum atomic E-state index is -0.306. The third kappa shape index (κ3) is 5.09. The fourth-order valence-electron chi connectivity index (χ4n) is 11.3. The zero-order chi connectivity index (χ0) is 43.0. The zero-order valence-electron chi connectivity index (χ0n) is 35.9. The Morgan fingerprint density at radius 3 is 1.86 bits per heavy atom. The molecule has 1 atom stereocenters. The second-order valence-corrected chi connectivity index (χ2v) is 18.2. The normalized spacial score (nSPS) is 15.7. The highest BCUT2D eigenvalue weighted by Crippen LogP contribution is 2.50. The second-order valence-electron chi connectivity index (χ2n) is 18.2. The van der Waals surface area contributed by atoms with Gasteiger partial charge in [-0.1, -0.05) is 147 Å². The van der Waals surface area contributed by atoms with E-state index in [-0.39, 0.29) is 11.5 Å². The fraction of sp³-hybridized carbons (Fsp3) is 0.0667. The van der Waals surface area contributed by atoms with E-state index >= 15 is 0 Å². The number of aliphatic imine (C=N–C) groups is 1. The number of allylic oxidation sites excluding steroid dienone is 1. The Balaban J connectivity index is 1.04. The summed E-state index contributed by atoms with van der Waals surface area (Å²) in [6.07, 6.45) is 1.94. The van der Waals surface area contributed by atoms with E-state index < -0.39 is 0 Å². The Morgan fingerprint density at radius 1 is 0.492 bits per heavy atom. The highest BCUT2D eigenvalue weighted by molar-refractivity contribution is 6.24. The molecule has 0 saturated heterocycles. The van der Waals surface area contributed by atoms with Gasteiger partial charge in [-0.05, 0) is 93.3 Å². The lowest BCUT2D eigenvalue weighted by molar-refractivity contribution is 0.622. The Morgan fingerprint density at radius 2 is 1.11 bits per heavy atom. The molecule has 1 N–H and O–H groups in total. The van der Waals surface area contributed by atoms with Crippen LogP contribution in [0.2, 0.25) is 0 Å². The number of fused-ring (bicyclic) bond motifs is 11. The van der Waals surface area contributed by atoms with Gasteiger partial charge in [0.05, 0.1) is 56.4 Å². The van der Waals surface area contributed by atoms with Gasteiger partial charge in [0.15, 0.2) is 0 Å². The standard InChI is InChI=1S/C60H41N5/c1-60(2)48-26-12-10-22-43(48)58-59(60)63-57(45-24-14-28-50-54(45)44-23-11-13-27-49(44)64(50)40-20-4-3-5-21-40)56(62-58)42-29-30-51(55-41(42)25-15-31-61-55)65-52-34-38-18-8-6-16-36(38)32-46(52)47-33-37-17-7-9-19-39(37)35-53(47)65/h3-35,56,62H,1-2H3. The van der Waals surface area contributed by atoms with Crippen LogP contribution in [-0.4, -0.2) is 19.8 Å². The second kappa shape index (κ2) is 13.4. The summed E-state index contributed by atoms with van der Waals surface area (Å²) in [6, 6.07) is 70.5. The molecular weight excluding hydrogens is 791 g/mol. The molecule has 306 valence electrons. The molecule has 0 saturated carbocycles. The van der Waals surface area contributed by atoms with E-state index in [1.54, 1.807) is 0 Å². The fourth-order valence-corrected chi connectivity index (χ4v) is 11.3. The largest absolute Gasteiger partial charge is 0.371 e. The van der Waals surface area contributed by atoms with E-state index in [0.29, 0.717) is 0 Å². The highest BCUT2D eigenvalue weighted by Gasteiger charge is 2.43. The summed E-state index contributed by atoms with van der Waals surface area (Å²) in [5.41, 5.74) is 15.4. The molecule has 0 fully saturated rings. The minimum absolute atomic E-state index is 0.299. The smallest absolute Gasteiger partial charge is 0.0953 e. The molecule has 3 aromatic heterocycles. The maximum Gasteiger partial charge on any atom is 0.0953 e. The van der Waals surface area contributed by atoms with E-state index in [4.69, 9.17) is 9.98 Å². The summed E-state index contributed by atoms with van der Waals surface area (Å²) in [4.78, 5) is 11.2. The van der Waals surface area contributed by atoms with Crippen LogP contribution in [0.25, 0.3) is 93.1 Å². The Bertz CT molecular complexity index is 3980. The SMILES string of the molecule is CC1(C)C2=C(NC(c3ccc(-n4c5cc6ccccc6cc5c5cc6ccccc6cc54)c4ncccc34)C(c3cccc4c3c3ccccc3n4-c3ccccc3)=N2)c2ccccc21. The van der Waals surface area contributed by atoms with Gasteiger partial charge in [0.25, 0.3) is 0 Å². The number of rotatable bonds is 4. The lowest BCUT2D eigenvalue weighted by Gasteiger charge is -2.32. The molecule has 65 heavy (non-hydrogen) atoms. The van der Waals surface area contributed by atoms with Crippen LogP contribution in [0.4, 0.5) is 0 Å². The molecular formula is C60H41N5. The number of hydrogen-bond donors (Lipinski definition) is 1. The molecule has 14 rings (SSSR count). The molecule has 0 spiro atoms. The predicted octanol–water partition coefficient (Wildman–Crippen LogP) is 14.5. The van der Waals surface area contributed by atoms with Gasteiger partial charge >= 0.3 is 0 Å². The van der Waals surface area contributed by atoms with Crippen molar-refractivity contribution < 1.29 is 0 Å². The molecule has 0 bridgehead atoms. The Kier molecular flexibility index (Phi) is 7.45. The van der Waals surface area contributed by atoms with Crippen LogP contribution in [0.3, 0.4) is 0 Å². The summed E-state index contributed by atoms with van der Waals surface area (Å²) in [5, 5.41) is 15.0. The van der Waals surface area contributed by atoms with Crippen molar-refractivity contribution in [1.29, 1.82) is 0 Å². The van der Waals surface area contributed by atoms with Crippen molar-refractivity contribution >= 4 is 87.5 Å². The monoisotopic (exact) mass is 831 g/mol. The number of benzene rings is 9. The first kappa shape index (κ1) is 36.2. The average molecular weight is 832 g/mol. The lowest BCUT2D eigenvalue weighted by atomic mass is 9.84. The molecule has 2 aliphatic rings. The van der Waals surface area contributed by atoms with Gasteiger partial charge in [0.2, 0.25) is 0 Å². The summed E-state index contributed by atoms with van der Waals surface area (Å²) in [5.74, 6) is 0. The molecule has 9 aromatic carbocycles. The van der Waals surface area contributed by atoms with Crippen LogP contribution in [0, 0.1) is 0 Å². The van der Waals surface area contributed by atoms with Crippen LogP contribution in [0.15, 0.2) is 211 Å². The number of aromatic nitrogens is 3. The summed E-state index contributed by atoms with van der Waals surface area (Å²) >= 11 is 0. The maximum atomic E-state index is 5.90. The van der Waals surface area contributed by atoms with Crippen LogP contribution < -0.4 is 5.32 Å². The molecule has 1 aliphatic carbocycles. The third-order valence-electron chi connectivity index (χ3n) is 14.3. The van der Waals surface area contributed by atoms with E-state index in [9.17, 15) is 0 Å². The number of pyridine rings is 1. The van der Waals surface area contributed by atoms with E-state index in [1.807, 2.05) is 6.20 Å².